The van der Waals surface area contributed by atoms with E-state index in [-0.39, 0.29) is 23.5 Å². The first-order valence-corrected chi connectivity index (χ1v) is 6.33. The number of hydrogen-bond acceptors (Lipinski definition) is 2. The molecule has 1 aliphatic carbocycles. The zero-order valence-electron chi connectivity index (χ0n) is 8.94. The number of rotatable bonds is 3. The Balaban J connectivity index is 1.93. The van der Waals surface area contributed by atoms with Crippen molar-refractivity contribution in [1.29, 1.82) is 0 Å². The molecule has 0 N–H and O–H groups in total. The average Bonchev–Trinajstić information content (AvgIpc) is 3.01. The van der Waals surface area contributed by atoms with Gasteiger partial charge in [0.2, 0.25) is 0 Å². The van der Waals surface area contributed by atoms with Crippen LogP contribution in [-0.4, -0.2) is 21.0 Å². The summed E-state index contributed by atoms with van der Waals surface area (Å²) in [6, 6.07) is 3.68. The van der Waals surface area contributed by atoms with Crippen molar-refractivity contribution in [2.24, 2.45) is 5.92 Å². The van der Waals surface area contributed by atoms with Gasteiger partial charge in [-0.1, -0.05) is 11.6 Å². The minimum Gasteiger partial charge on any atom is -0.306 e. The molecule has 2 aromatic heterocycles. The van der Waals surface area contributed by atoms with E-state index in [2.05, 4.69) is 4.98 Å². The molecule has 0 spiro atoms. The summed E-state index contributed by atoms with van der Waals surface area (Å²) >= 11 is 11.6. The highest BCUT2D eigenvalue weighted by Gasteiger charge is 2.44. The Bertz CT molecular complexity index is 593. The van der Waals surface area contributed by atoms with Crippen LogP contribution in [0, 0.1) is 5.92 Å². The van der Waals surface area contributed by atoms with Crippen molar-refractivity contribution in [2.75, 3.05) is 5.88 Å². The summed E-state index contributed by atoms with van der Waals surface area (Å²) in [5.74, 6) is 0.475. The molecule has 88 valence electrons. The molecule has 0 bridgehead atoms. The lowest BCUT2D eigenvalue weighted by molar-refractivity contribution is -0.117. The molecule has 1 saturated carbocycles. The van der Waals surface area contributed by atoms with E-state index >= 15 is 0 Å². The molecule has 2 aromatic rings. The highest BCUT2D eigenvalue weighted by atomic mass is 35.5. The van der Waals surface area contributed by atoms with Crippen molar-refractivity contribution in [3.8, 4) is 0 Å². The molecule has 0 amide bonds. The van der Waals surface area contributed by atoms with Gasteiger partial charge in [0.15, 0.2) is 11.4 Å². The lowest BCUT2D eigenvalue weighted by atomic mass is 10.2. The van der Waals surface area contributed by atoms with Gasteiger partial charge in [-0.15, -0.1) is 11.6 Å². The van der Waals surface area contributed by atoms with Gasteiger partial charge in [0.05, 0.1) is 16.6 Å². The van der Waals surface area contributed by atoms with Crippen LogP contribution in [-0.2, 0) is 4.79 Å². The number of ketones is 1. The Morgan fingerprint density at radius 1 is 1.59 bits per heavy atom. The number of alkyl halides is 1. The first-order valence-electron chi connectivity index (χ1n) is 5.42. The highest BCUT2D eigenvalue weighted by Crippen LogP contribution is 2.47. The molecule has 0 saturated heterocycles. The molecule has 2 atom stereocenters. The molecule has 0 aromatic carbocycles. The van der Waals surface area contributed by atoms with Crippen molar-refractivity contribution in [3.63, 3.8) is 0 Å². The molecule has 3 rings (SSSR count). The second-order valence-electron chi connectivity index (χ2n) is 4.30. The molecule has 0 radical (unpaired) electrons. The largest absolute Gasteiger partial charge is 0.306 e. The van der Waals surface area contributed by atoms with Gasteiger partial charge < -0.3 is 4.40 Å². The normalized spacial score (nSPS) is 22.9. The first-order chi connectivity index (χ1) is 8.20. The van der Waals surface area contributed by atoms with E-state index in [0.29, 0.717) is 5.02 Å². The standard InChI is InChI=1S/C12H10Cl2N2O/c13-5-11(17)8-4-7(8)10-6-16-3-1-2-9(14)12(16)15-10/h1-3,6-8H,4-5H2. The van der Waals surface area contributed by atoms with Gasteiger partial charge in [0.25, 0.3) is 0 Å². The van der Waals surface area contributed by atoms with E-state index in [1.165, 1.54) is 0 Å². The second kappa shape index (κ2) is 4.00. The molecule has 5 heteroatoms. The van der Waals surface area contributed by atoms with Gasteiger partial charge >= 0.3 is 0 Å². The highest BCUT2D eigenvalue weighted by molar-refractivity contribution is 6.33. The fourth-order valence-electron chi connectivity index (χ4n) is 2.15. The summed E-state index contributed by atoms with van der Waals surface area (Å²) < 4.78 is 1.89. The summed E-state index contributed by atoms with van der Waals surface area (Å²) in [5.41, 5.74) is 1.68. The van der Waals surface area contributed by atoms with Crippen LogP contribution in [0.15, 0.2) is 24.5 Å². The second-order valence-corrected chi connectivity index (χ2v) is 4.98. The lowest BCUT2D eigenvalue weighted by Crippen LogP contribution is -2.03. The summed E-state index contributed by atoms with van der Waals surface area (Å²) in [4.78, 5) is 15.9. The van der Waals surface area contributed by atoms with Crippen LogP contribution >= 0.6 is 23.2 Å². The maximum Gasteiger partial charge on any atom is 0.155 e. The van der Waals surface area contributed by atoms with Crippen LogP contribution in [0.5, 0.6) is 0 Å². The molecule has 2 unspecified atom stereocenters. The van der Waals surface area contributed by atoms with Gasteiger partial charge in [-0.3, -0.25) is 4.79 Å². The summed E-state index contributed by atoms with van der Waals surface area (Å²) in [6.07, 6.45) is 4.69. The zero-order valence-corrected chi connectivity index (χ0v) is 10.4. The van der Waals surface area contributed by atoms with Crippen molar-refractivity contribution >= 4 is 34.6 Å². The number of imidazole rings is 1. The van der Waals surface area contributed by atoms with Crippen LogP contribution in [0.3, 0.4) is 0 Å². The number of halogens is 2. The van der Waals surface area contributed by atoms with Gasteiger partial charge in [0, 0.05) is 24.2 Å². The molecule has 2 heterocycles. The fraction of sp³-hybridized carbons (Fsp3) is 0.333. The van der Waals surface area contributed by atoms with E-state index in [4.69, 9.17) is 23.2 Å². The Morgan fingerprint density at radius 2 is 2.41 bits per heavy atom. The Labute approximate surface area is 108 Å². The zero-order chi connectivity index (χ0) is 12.0. The molecule has 0 aliphatic heterocycles. The van der Waals surface area contributed by atoms with Crippen molar-refractivity contribution < 1.29 is 4.79 Å². The van der Waals surface area contributed by atoms with Gasteiger partial charge in [0.1, 0.15) is 0 Å². The van der Waals surface area contributed by atoms with E-state index in [9.17, 15) is 4.79 Å². The third kappa shape index (κ3) is 1.83. The molecular formula is C12H10Cl2N2O. The van der Waals surface area contributed by atoms with E-state index < -0.39 is 0 Å². The Hall–Kier alpha value is -1.06. The van der Waals surface area contributed by atoms with Crippen LogP contribution in [0.1, 0.15) is 18.0 Å². The van der Waals surface area contributed by atoms with E-state index in [1.807, 2.05) is 28.9 Å². The SMILES string of the molecule is O=C(CCl)C1CC1c1cn2cccc(Cl)c2n1. The lowest BCUT2D eigenvalue weighted by Gasteiger charge is -1.92. The minimum atomic E-state index is 0.0520. The molecule has 1 aliphatic rings. The number of fused-ring (bicyclic) bond motifs is 1. The number of carbonyl (C=O) groups excluding carboxylic acids is 1. The number of hydrogen-bond donors (Lipinski definition) is 0. The van der Waals surface area contributed by atoms with E-state index in [0.717, 1.165) is 17.8 Å². The topological polar surface area (TPSA) is 34.4 Å². The Morgan fingerprint density at radius 3 is 3.12 bits per heavy atom. The van der Waals surface area contributed by atoms with Gasteiger partial charge in [-0.25, -0.2) is 4.98 Å². The molecule has 3 nitrogen and oxygen atoms in total. The third-order valence-electron chi connectivity index (χ3n) is 3.17. The quantitative estimate of drug-likeness (QED) is 0.803. The van der Waals surface area contributed by atoms with Crippen molar-refractivity contribution in [2.45, 2.75) is 12.3 Å². The van der Waals surface area contributed by atoms with E-state index in [1.54, 1.807) is 0 Å². The summed E-state index contributed by atoms with van der Waals surface area (Å²) in [6.45, 7) is 0. The number of carbonyl (C=O) groups is 1. The molecule has 1 fully saturated rings. The number of Topliss-reactive ketones (excluding diaryl/α,β-unsaturated/α-hetero) is 1. The van der Waals surface area contributed by atoms with Crippen LogP contribution < -0.4 is 0 Å². The fourth-order valence-corrected chi connectivity index (χ4v) is 2.56. The average molecular weight is 269 g/mol. The number of aromatic nitrogens is 2. The Kier molecular flexibility index (Phi) is 2.60. The van der Waals surface area contributed by atoms with Gasteiger partial charge in [-0.2, -0.15) is 0 Å². The van der Waals surface area contributed by atoms with Crippen molar-refractivity contribution in [1.82, 2.24) is 9.38 Å². The molecular weight excluding hydrogens is 259 g/mol. The predicted molar refractivity (Wildman–Crippen MR) is 66.8 cm³/mol. The monoisotopic (exact) mass is 268 g/mol. The maximum atomic E-state index is 11.4. The predicted octanol–water partition coefficient (Wildman–Crippen LogP) is 2.90. The summed E-state index contributed by atoms with van der Waals surface area (Å²) in [7, 11) is 0. The van der Waals surface area contributed by atoms with Crippen molar-refractivity contribution in [3.05, 3.63) is 35.2 Å². The summed E-state index contributed by atoms with van der Waals surface area (Å²) in [5, 5.41) is 0.625. The minimum absolute atomic E-state index is 0.0520. The van der Waals surface area contributed by atoms with Crippen LogP contribution in [0.2, 0.25) is 5.02 Å². The molecule has 17 heavy (non-hydrogen) atoms. The number of nitrogens with zero attached hydrogens (tertiary/aromatic N) is 2. The van der Waals surface area contributed by atoms with Crippen LogP contribution in [0.4, 0.5) is 0 Å². The number of pyridine rings is 1. The third-order valence-corrected chi connectivity index (χ3v) is 3.73. The maximum absolute atomic E-state index is 11.4. The van der Waals surface area contributed by atoms with Gasteiger partial charge in [-0.05, 0) is 18.6 Å². The first kappa shape index (κ1) is 11.1. The van der Waals surface area contributed by atoms with Crippen LogP contribution in [0.25, 0.3) is 5.65 Å². The smallest absolute Gasteiger partial charge is 0.155 e.